The van der Waals surface area contributed by atoms with Crippen LogP contribution in [-0.2, 0) is 9.59 Å². The molecule has 1 aromatic rings. The minimum absolute atomic E-state index is 0.00599. The third-order valence-corrected chi connectivity index (χ3v) is 2.63. The monoisotopic (exact) mass is 233 g/mol. The molecule has 17 heavy (non-hydrogen) atoms. The Morgan fingerprint density at radius 1 is 1.29 bits per heavy atom. The van der Waals surface area contributed by atoms with Crippen LogP contribution in [0.3, 0.4) is 0 Å². The fraction of sp³-hybridized carbons (Fsp3) is 0.333. The van der Waals surface area contributed by atoms with Crippen LogP contribution in [-0.4, -0.2) is 17.9 Å². The van der Waals surface area contributed by atoms with Gasteiger partial charge in [0.05, 0.1) is 5.92 Å². The lowest BCUT2D eigenvalue weighted by atomic mass is 10.2. The summed E-state index contributed by atoms with van der Waals surface area (Å²) in [7, 11) is 0. The zero-order valence-corrected chi connectivity index (χ0v) is 9.57. The SMILES string of the molecule is CC(=O)Nc1cccc(NC(=O)C2CC2N)c1. The van der Waals surface area contributed by atoms with E-state index in [0.717, 1.165) is 6.42 Å². The van der Waals surface area contributed by atoms with E-state index in [9.17, 15) is 9.59 Å². The first-order valence-electron chi connectivity index (χ1n) is 5.50. The van der Waals surface area contributed by atoms with E-state index in [1.165, 1.54) is 6.92 Å². The topological polar surface area (TPSA) is 84.2 Å². The summed E-state index contributed by atoms with van der Waals surface area (Å²) in [6.07, 6.45) is 0.747. The molecule has 1 aliphatic rings. The van der Waals surface area contributed by atoms with Gasteiger partial charge in [-0.25, -0.2) is 0 Å². The zero-order chi connectivity index (χ0) is 12.4. The van der Waals surface area contributed by atoms with Crippen LogP contribution >= 0.6 is 0 Å². The molecule has 5 nitrogen and oxygen atoms in total. The minimum Gasteiger partial charge on any atom is -0.327 e. The molecule has 0 aromatic heterocycles. The van der Waals surface area contributed by atoms with Gasteiger partial charge in [0.25, 0.3) is 0 Å². The number of nitrogens with two attached hydrogens (primary N) is 1. The van der Waals surface area contributed by atoms with Crippen LogP contribution in [0.2, 0.25) is 0 Å². The average Bonchev–Trinajstić information content (AvgIpc) is 2.95. The Morgan fingerprint density at radius 2 is 1.88 bits per heavy atom. The van der Waals surface area contributed by atoms with Gasteiger partial charge in [-0.15, -0.1) is 0 Å². The molecular weight excluding hydrogens is 218 g/mol. The molecule has 2 rings (SSSR count). The normalized spacial score (nSPS) is 21.8. The van der Waals surface area contributed by atoms with Crippen molar-refractivity contribution >= 4 is 23.2 Å². The lowest BCUT2D eigenvalue weighted by Gasteiger charge is -2.07. The first kappa shape index (κ1) is 11.6. The highest BCUT2D eigenvalue weighted by Gasteiger charge is 2.39. The predicted molar refractivity (Wildman–Crippen MR) is 65.5 cm³/mol. The molecule has 4 N–H and O–H groups in total. The van der Waals surface area contributed by atoms with E-state index in [-0.39, 0.29) is 23.8 Å². The van der Waals surface area contributed by atoms with Gasteiger partial charge in [-0.1, -0.05) is 6.07 Å². The second kappa shape index (κ2) is 4.55. The van der Waals surface area contributed by atoms with Crippen molar-refractivity contribution < 1.29 is 9.59 Å². The molecule has 0 spiro atoms. The van der Waals surface area contributed by atoms with Crippen molar-refractivity contribution in [3.05, 3.63) is 24.3 Å². The van der Waals surface area contributed by atoms with E-state index in [1.54, 1.807) is 24.3 Å². The molecule has 0 heterocycles. The quantitative estimate of drug-likeness (QED) is 0.726. The number of hydrogen-bond acceptors (Lipinski definition) is 3. The van der Waals surface area contributed by atoms with Crippen LogP contribution in [0.15, 0.2) is 24.3 Å². The maximum Gasteiger partial charge on any atom is 0.229 e. The molecule has 90 valence electrons. The van der Waals surface area contributed by atoms with E-state index in [0.29, 0.717) is 11.4 Å². The molecular formula is C12H15N3O2. The summed E-state index contributed by atoms with van der Waals surface area (Å²) in [4.78, 5) is 22.5. The first-order chi connectivity index (χ1) is 8.06. The Bertz CT molecular complexity index is 459. The molecule has 0 radical (unpaired) electrons. The molecule has 2 atom stereocenters. The Kier molecular flexibility index (Phi) is 3.10. The molecule has 5 heteroatoms. The van der Waals surface area contributed by atoms with E-state index >= 15 is 0 Å². The second-order valence-corrected chi connectivity index (χ2v) is 4.26. The number of amides is 2. The van der Waals surface area contributed by atoms with E-state index < -0.39 is 0 Å². The average molecular weight is 233 g/mol. The fourth-order valence-corrected chi connectivity index (χ4v) is 1.63. The number of nitrogens with one attached hydrogen (secondary N) is 2. The second-order valence-electron chi connectivity index (χ2n) is 4.26. The molecule has 1 aromatic carbocycles. The van der Waals surface area contributed by atoms with E-state index in [4.69, 9.17) is 5.73 Å². The molecule has 0 bridgehead atoms. The molecule has 0 aliphatic heterocycles. The highest BCUT2D eigenvalue weighted by molar-refractivity contribution is 5.96. The predicted octanol–water partition coefficient (Wildman–Crippen LogP) is 0.931. The number of anilines is 2. The summed E-state index contributed by atoms with van der Waals surface area (Å²) in [5.41, 5.74) is 6.93. The first-order valence-corrected chi connectivity index (χ1v) is 5.50. The Labute approximate surface area is 99.4 Å². The van der Waals surface area contributed by atoms with Gasteiger partial charge in [0.2, 0.25) is 11.8 Å². The fourth-order valence-electron chi connectivity index (χ4n) is 1.63. The third-order valence-electron chi connectivity index (χ3n) is 2.63. The van der Waals surface area contributed by atoms with E-state index in [1.807, 2.05) is 0 Å². The summed E-state index contributed by atoms with van der Waals surface area (Å²) in [5.74, 6) is -0.269. The van der Waals surface area contributed by atoms with Crippen LogP contribution in [0.25, 0.3) is 0 Å². The number of carbonyl (C=O) groups excluding carboxylic acids is 2. The van der Waals surface area contributed by atoms with Gasteiger partial charge in [-0.05, 0) is 24.6 Å². The van der Waals surface area contributed by atoms with Crippen LogP contribution < -0.4 is 16.4 Å². The van der Waals surface area contributed by atoms with Gasteiger partial charge < -0.3 is 16.4 Å². The van der Waals surface area contributed by atoms with Crippen molar-refractivity contribution in [2.45, 2.75) is 19.4 Å². The summed E-state index contributed by atoms with van der Waals surface area (Å²) in [6.45, 7) is 1.44. The number of benzene rings is 1. The number of rotatable bonds is 3. The van der Waals surface area contributed by atoms with Crippen LogP contribution in [0.1, 0.15) is 13.3 Å². The smallest absolute Gasteiger partial charge is 0.229 e. The summed E-state index contributed by atoms with van der Waals surface area (Å²) in [5, 5.41) is 5.43. The van der Waals surface area contributed by atoms with E-state index in [2.05, 4.69) is 10.6 Å². The molecule has 2 unspecified atom stereocenters. The Morgan fingerprint density at radius 3 is 2.41 bits per heavy atom. The molecule has 1 saturated carbocycles. The number of hydrogen-bond donors (Lipinski definition) is 3. The zero-order valence-electron chi connectivity index (χ0n) is 9.57. The number of carbonyl (C=O) groups is 2. The van der Waals surface area contributed by atoms with Crippen LogP contribution in [0.5, 0.6) is 0 Å². The highest BCUT2D eigenvalue weighted by atomic mass is 16.2. The highest BCUT2D eigenvalue weighted by Crippen LogP contribution is 2.29. The van der Waals surface area contributed by atoms with Crippen molar-refractivity contribution in [3.63, 3.8) is 0 Å². The molecule has 1 aliphatic carbocycles. The van der Waals surface area contributed by atoms with Crippen molar-refractivity contribution in [1.82, 2.24) is 0 Å². The third kappa shape index (κ3) is 3.04. The summed E-state index contributed by atoms with van der Waals surface area (Å²) in [6, 6.07) is 7.02. The van der Waals surface area contributed by atoms with Gasteiger partial charge in [0.1, 0.15) is 0 Å². The van der Waals surface area contributed by atoms with Crippen LogP contribution in [0.4, 0.5) is 11.4 Å². The van der Waals surface area contributed by atoms with Crippen molar-refractivity contribution in [3.8, 4) is 0 Å². The van der Waals surface area contributed by atoms with Gasteiger partial charge in [-0.2, -0.15) is 0 Å². The molecule has 0 saturated heterocycles. The standard InChI is InChI=1S/C12H15N3O2/c1-7(16)14-8-3-2-4-9(5-8)15-12(17)10-6-11(10)13/h2-5,10-11H,6,13H2,1H3,(H,14,16)(H,15,17). The largest absolute Gasteiger partial charge is 0.327 e. The maximum atomic E-state index is 11.6. The van der Waals surface area contributed by atoms with Gasteiger partial charge in [0, 0.05) is 24.3 Å². The molecule has 1 fully saturated rings. The lowest BCUT2D eigenvalue weighted by Crippen LogP contribution is -2.18. The summed E-state index contributed by atoms with van der Waals surface area (Å²) < 4.78 is 0. The van der Waals surface area contributed by atoms with Gasteiger partial charge in [0.15, 0.2) is 0 Å². The molecule has 2 amide bonds. The lowest BCUT2D eigenvalue weighted by molar-refractivity contribution is -0.117. The van der Waals surface area contributed by atoms with Crippen molar-refractivity contribution in [2.75, 3.05) is 10.6 Å². The van der Waals surface area contributed by atoms with Gasteiger partial charge >= 0.3 is 0 Å². The van der Waals surface area contributed by atoms with Crippen LogP contribution in [0, 0.1) is 5.92 Å². The van der Waals surface area contributed by atoms with Gasteiger partial charge in [-0.3, -0.25) is 9.59 Å². The van der Waals surface area contributed by atoms with Crippen molar-refractivity contribution in [1.29, 1.82) is 0 Å². The summed E-state index contributed by atoms with van der Waals surface area (Å²) >= 11 is 0. The van der Waals surface area contributed by atoms with Crippen molar-refractivity contribution in [2.24, 2.45) is 11.7 Å². The minimum atomic E-state index is -0.141. The Balaban J connectivity index is 2.00. The Hall–Kier alpha value is -1.88. The maximum absolute atomic E-state index is 11.6.